The van der Waals surface area contributed by atoms with Gasteiger partial charge in [-0.15, -0.1) is 0 Å². The summed E-state index contributed by atoms with van der Waals surface area (Å²) in [6.07, 6.45) is 0.611. The van der Waals surface area contributed by atoms with Crippen molar-refractivity contribution < 1.29 is 28.0 Å². The second-order valence-corrected chi connectivity index (χ2v) is 10.2. The van der Waals surface area contributed by atoms with Crippen molar-refractivity contribution in [3.05, 3.63) is 62.1 Å². The molecular weight excluding hydrogens is 520 g/mol. The van der Waals surface area contributed by atoms with Gasteiger partial charge >= 0.3 is 0 Å². The first-order valence-electron chi connectivity index (χ1n) is 9.75. The molecule has 2 atom stereocenters. The molecule has 1 saturated heterocycles. The third kappa shape index (κ3) is 5.74. The van der Waals surface area contributed by atoms with Crippen LogP contribution in [0.3, 0.4) is 0 Å². The molecule has 176 valence electrons. The molecule has 2 N–H and O–H groups in total. The predicted octanol–water partition coefficient (Wildman–Crippen LogP) is 2.62. The standard InChI is InChI=1S/C20H21BrN4O7S/c1-12-10-24(11-13(2)32-12)33(30,31)17-5-3-14(4-6-17)20(27)23-22-9-15-7-16(25(28)29)8-18(21)19(15)26/h3-9,12-13,26H,10-11H2,1-2H3,(H,23,27)/b22-9-/t12-,13-/m0/s1. The molecule has 0 spiro atoms. The quantitative estimate of drug-likeness (QED) is 0.324. The van der Waals surface area contributed by atoms with Gasteiger partial charge in [0.05, 0.1) is 32.7 Å². The van der Waals surface area contributed by atoms with Crippen molar-refractivity contribution in [1.29, 1.82) is 0 Å². The van der Waals surface area contributed by atoms with Crippen molar-refractivity contribution in [1.82, 2.24) is 9.73 Å². The highest BCUT2D eigenvalue weighted by molar-refractivity contribution is 9.10. The Balaban J connectivity index is 1.71. The summed E-state index contributed by atoms with van der Waals surface area (Å²) in [4.78, 5) is 22.7. The van der Waals surface area contributed by atoms with Gasteiger partial charge in [0, 0.05) is 36.3 Å². The third-order valence-corrected chi connectivity index (χ3v) is 7.25. The van der Waals surface area contributed by atoms with E-state index in [1.807, 2.05) is 0 Å². The monoisotopic (exact) mass is 540 g/mol. The van der Waals surface area contributed by atoms with Gasteiger partial charge in [-0.25, -0.2) is 13.8 Å². The molecule has 1 heterocycles. The van der Waals surface area contributed by atoms with E-state index in [2.05, 4.69) is 26.5 Å². The van der Waals surface area contributed by atoms with E-state index in [-0.39, 0.29) is 57.2 Å². The largest absolute Gasteiger partial charge is 0.506 e. The number of ether oxygens (including phenoxy) is 1. The van der Waals surface area contributed by atoms with Crippen molar-refractivity contribution >= 4 is 43.8 Å². The van der Waals surface area contributed by atoms with Crippen LogP contribution in [0.4, 0.5) is 5.69 Å². The number of amides is 1. The minimum absolute atomic E-state index is 0.0202. The van der Waals surface area contributed by atoms with E-state index in [1.165, 1.54) is 28.6 Å². The van der Waals surface area contributed by atoms with Crippen molar-refractivity contribution in [3.8, 4) is 5.75 Å². The van der Waals surface area contributed by atoms with Crippen LogP contribution in [-0.2, 0) is 14.8 Å². The number of carbonyl (C=O) groups excluding carboxylic acids is 1. The Labute approximate surface area is 198 Å². The van der Waals surface area contributed by atoms with Gasteiger partial charge < -0.3 is 9.84 Å². The molecule has 13 heteroatoms. The Morgan fingerprint density at radius 2 is 1.88 bits per heavy atom. The number of non-ortho nitro benzene ring substituents is 1. The lowest BCUT2D eigenvalue weighted by Gasteiger charge is -2.34. The Hall–Kier alpha value is -2.87. The van der Waals surface area contributed by atoms with Crippen LogP contribution in [0.15, 0.2) is 50.9 Å². The highest BCUT2D eigenvalue weighted by Crippen LogP contribution is 2.31. The molecular formula is C20H21BrN4O7S. The number of phenols is 1. The van der Waals surface area contributed by atoms with E-state index in [4.69, 9.17) is 4.74 Å². The minimum atomic E-state index is -3.74. The van der Waals surface area contributed by atoms with Crippen LogP contribution in [0.25, 0.3) is 0 Å². The van der Waals surface area contributed by atoms with Crippen molar-refractivity contribution in [2.75, 3.05) is 13.1 Å². The zero-order valence-electron chi connectivity index (χ0n) is 17.6. The number of hydrazone groups is 1. The van der Waals surface area contributed by atoms with Crippen molar-refractivity contribution in [2.45, 2.75) is 31.0 Å². The van der Waals surface area contributed by atoms with Gasteiger partial charge in [-0.2, -0.15) is 9.41 Å². The van der Waals surface area contributed by atoms with Crippen LogP contribution in [0.5, 0.6) is 5.75 Å². The number of carbonyl (C=O) groups is 1. The molecule has 0 aromatic heterocycles. The normalized spacial score (nSPS) is 19.5. The van der Waals surface area contributed by atoms with Crippen LogP contribution >= 0.6 is 15.9 Å². The molecule has 1 fully saturated rings. The number of benzene rings is 2. The zero-order chi connectivity index (χ0) is 24.3. The summed E-state index contributed by atoms with van der Waals surface area (Å²) < 4.78 is 32.8. The third-order valence-electron chi connectivity index (χ3n) is 4.80. The molecule has 1 aliphatic rings. The number of nitrogens with one attached hydrogen (secondary N) is 1. The predicted molar refractivity (Wildman–Crippen MR) is 123 cm³/mol. The maximum atomic E-state index is 12.9. The first-order valence-corrected chi connectivity index (χ1v) is 12.0. The Morgan fingerprint density at radius 3 is 2.45 bits per heavy atom. The average Bonchev–Trinajstić information content (AvgIpc) is 2.75. The molecule has 0 saturated carbocycles. The summed E-state index contributed by atoms with van der Waals surface area (Å²) in [6.45, 7) is 4.09. The van der Waals surface area contributed by atoms with E-state index in [0.29, 0.717) is 0 Å². The first kappa shape index (κ1) is 24.8. The number of aromatic hydroxyl groups is 1. The molecule has 11 nitrogen and oxygen atoms in total. The Bertz CT molecular complexity index is 1190. The number of nitro benzene ring substituents is 1. The number of sulfonamides is 1. The van der Waals surface area contributed by atoms with E-state index in [9.17, 15) is 28.4 Å². The van der Waals surface area contributed by atoms with E-state index in [0.717, 1.165) is 18.3 Å². The number of phenolic OH excluding ortho intramolecular Hbond substituents is 1. The summed E-state index contributed by atoms with van der Waals surface area (Å²) >= 11 is 3.02. The summed E-state index contributed by atoms with van der Waals surface area (Å²) in [5, 5.41) is 24.7. The minimum Gasteiger partial charge on any atom is -0.506 e. The van der Waals surface area contributed by atoms with Gasteiger partial charge in [0.1, 0.15) is 5.75 Å². The highest BCUT2D eigenvalue weighted by Gasteiger charge is 2.32. The molecule has 33 heavy (non-hydrogen) atoms. The topological polar surface area (TPSA) is 151 Å². The molecule has 1 amide bonds. The van der Waals surface area contributed by atoms with Crippen molar-refractivity contribution in [2.24, 2.45) is 5.10 Å². The van der Waals surface area contributed by atoms with E-state index >= 15 is 0 Å². The lowest BCUT2D eigenvalue weighted by molar-refractivity contribution is -0.385. The number of morpholine rings is 1. The van der Waals surface area contributed by atoms with E-state index < -0.39 is 20.9 Å². The Morgan fingerprint density at radius 1 is 1.27 bits per heavy atom. The number of nitro groups is 1. The van der Waals surface area contributed by atoms with Crippen LogP contribution in [0.2, 0.25) is 0 Å². The summed E-state index contributed by atoms with van der Waals surface area (Å²) in [5.74, 6) is -0.910. The van der Waals surface area contributed by atoms with Gasteiger partial charge in [0.25, 0.3) is 11.6 Å². The molecule has 1 aliphatic heterocycles. The number of halogens is 1. The fraction of sp³-hybridized carbons (Fsp3) is 0.300. The van der Waals surface area contributed by atoms with Crippen LogP contribution < -0.4 is 5.43 Å². The van der Waals surface area contributed by atoms with Crippen LogP contribution in [0.1, 0.15) is 29.8 Å². The molecule has 2 aromatic rings. The highest BCUT2D eigenvalue weighted by atomic mass is 79.9. The fourth-order valence-corrected chi connectivity index (χ4v) is 5.34. The van der Waals surface area contributed by atoms with Crippen molar-refractivity contribution in [3.63, 3.8) is 0 Å². The molecule has 2 aromatic carbocycles. The SMILES string of the molecule is C[C@H]1CN(S(=O)(=O)c2ccc(C(=O)N/N=C\c3cc([N+](=O)[O-])cc(Br)c3O)cc2)C[C@H](C)O1. The molecule has 3 rings (SSSR count). The summed E-state index contributed by atoms with van der Waals surface area (Å²) in [6, 6.07) is 7.62. The van der Waals surface area contributed by atoms with E-state index in [1.54, 1.807) is 13.8 Å². The number of hydrogen-bond acceptors (Lipinski definition) is 8. The second-order valence-electron chi connectivity index (χ2n) is 7.43. The van der Waals surface area contributed by atoms with Gasteiger partial charge in [-0.05, 0) is 54.0 Å². The number of hydrogen-bond donors (Lipinski definition) is 2. The van der Waals surface area contributed by atoms with Crippen LogP contribution in [0, 0.1) is 10.1 Å². The summed E-state index contributed by atoms with van der Waals surface area (Å²) in [7, 11) is -3.74. The van der Waals surface area contributed by atoms with Gasteiger partial charge in [-0.3, -0.25) is 14.9 Å². The lowest BCUT2D eigenvalue weighted by Crippen LogP contribution is -2.48. The maximum absolute atomic E-state index is 12.9. The average molecular weight is 541 g/mol. The molecule has 0 aliphatic carbocycles. The number of rotatable bonds is 6. The van der Waals surface area contributed by atoms with Gasteiger partial charge in [0.2, 0.25) is 10.0 Å². The lowest BCUT2D eigenvalue weighted by atomic mass is 10.2. The molecule has 0 unspecified atom stereocenters. The molecule has 0 bridgehead atoms. The second kappa shape index (κ2) is 9.95. The maximum Gasteiger partial charge on any atom is 0.271 e. The smallest absolute Gasteiger partial charge is 0.271 e. The zero-order valence-corrected chi connectivity index (χ0v) is 20.0. The van der Waals surface area contributed by atoms with Crippen LogP contribution in [-0.4, -0.2) is 60.2 Å². The fourth-order valence-electron chi connectivity index (χ4n) is 3.29. The number of nitrogens with zero attached hydrogens (tertiary/aromatic N) is 3. The Kier molecular flexibility index (Phi) is 7.47. The van der Waals surface area contributed by atoms with Gasteiger partial charge in [0.15, 0.2) is 0 Å². The van der Waals surface area contributed by atoms with Gasteiger partial charge in [-0.1, -0.05) is 0 Å². The molecule has 0 radical (unpaired) electrons. The first-order chi connectivity index (χ1) is 15.5. The summed E-state index contributed by atoms with van der Waals surface area (Å²) in [5.41, 5.74) is 2.14.